The van der Waals surface area contributed by atoms with E-state index < -0.39 is 0 Å². The molecular weight excluding hydrogens is 282 g/mol. The lowest BCUT2D eigenvalue weighted by atomic mass is 9.86. The Morgan fingerprint density at radius 3 is 3.05 bits per heavy atom. The molecule has 0 spiro atoms. The fraction of sp³-hybridized carbons (Fsp3) is 0.647. The molecule has 0 aliphatic heterocycles. The summed E-state index contributed by atoms with van der Waals surface area (Å²) in [4.78, 5) is 1.25. The minimum atomic E-state index is -0.0380. The zero-order chi connectivity index (χ0) is 15.1. The van der Waals surface area contributed by atoms with E-state index in [4.69, 9.17) is 4.74 Å². The summed E-state index contributed by atoms with van der Waals surface area (Å²) in [5.41, 5.74) is -0.0380. The highest BCUT2D eigenvalue weighted by Crippen LogP contribution is 2.39. The van der Waals surface area contributed by atoms with Crippen molar-refractivity contribution in [2.45, 2.75) is 43.0 Å². The van der Waals surface area contributed by atoms with Crippen LogP contribution in [0.15, 0.2) is 29.2 Å². The molecule has 2 N–H and O–H groups in total. The average Bonchev–Trinajstić information content (AvgIpc) is 2.91. The second kappa shape index (κ2) is 8.06. The predicted octanol–water partition coefficient (Wildman–Crippen LogP) is 3.32. The first kappa shape index (κ1) is 16.7. The van der Waals surface area contributed by atoms with Crippen molar-refractivity contribution in [2.75, 3.05) is 26.0 Å². The molecular formula is C17H27NO2S. The topological polar surface area (TPSA) is 41.5 Å². The van der Waals surface area contributed by atoms with Gasteiger partial charge in [-0.15, -0.1) is 11.8 Å². The Morgan fingerprint density at radius 1 is 1.48 bits per heavy atom. The first-order valence-electron chi connectivity index (χ1n) is 7.87. The van der Waals surface area contributed by atoms with Crippen molar-refractivity contribution < 1.29 is 9.84 Å². The molecule has 0 bridgehead atoms. The highest BCUT2D eigenvalue weighted by molar-refractivity contribution is 7.99. The number of hydrogen-bond acceptors (Lipinski definition) is 4. The lowest BCUT2D eigenvalue weighted by Gasteiger charge is -2.35. The number of ether oxygens (including phenoxy) is 1. The Morgan fingerprint density at radius 2 is 2.33 bits per heavy atom. The third kappa shape index (κ3) is 4.15. The molecule has 1 fully saturated rings. The van der Waals surface area contributed by atoms with Gasteiger partial charge in [-0.25, -0.2) is 0 Å². The van der Waals surface area contributed by atoms with Crippen molar-refractivity contribution in [2.24, 2.45) is 5.92 Å². The standard InChI is InChI=1S/C17H27NO2S/c1-3-18-17(13-19)10-5-6-14(17)9-11-21-16-8-4-7-15(12-16)20-2/h4,7-8,12,14,18-19H,3,5-6,9-11,13H2,1-2H3. The van der Waals surface area contributed by atoms with Crippen molar-refractivity contribution >= 4 is 11.8 Å². The van der Waals surface area contributed by atoms with Gasteiger partial charge in [0, 0.05) is 10.4 Å². The molecule has 2 rings (SSSR count). The van der Waals surface area contributed by atoms with Gasteiger partial charge in [-0.05, 0) is 55.7 Å². The zero-order valence-corrected chi connectivity index (χ0v) is 13.9. The van der Waals surface area contributed by atoms with E-state index >= 15 is 0 Å². The van der Waals surface area contributed by atoms with Crippen LogP contribution < -0.4 is 10.1 Å². The molecule has 2 unspecified atom stereocenters. The van der Waals surface area contributed by atoms with Gasteiger partial charge in [0.05, 0.1) is 13.7 Å². The predicted molar refractivity (Wildman–Crippen MR) is 89.2 cm³/mol. The van der Waals surface area contributed by atoms with Gasteiger partial charge in [-0.3, -0.25) is 0 Å². The third-order valence-corrected chi connectivity index (χ3v) is 5.57. The van der Waals surface area contributed by atoms with Gasteiger partial charge in [0.2, 0.25) is 0 Å². The molecule has 1 aliphatic rings. The molecule has 1 aromatic carbocycles. The van der Waals surface area contributed by atoms with Crippen molar-refractivity contribution in [3.05, 3.63) is 24.3 Å². The van der Waals surface area contributed by atoms with Crippen molar-refractivity contribution in [1.29, 1.82) is 0 Å². The van der Waals surface area contributed by atoms with E-state index in [1.165, 1.54) is 17.7 Å². The first-order valence-corrected chi connectivity index (χ1v) is 8.85. The maximum atomic E-state index is 9.82. The molecule has 4 heteroatoms. The largest absolute Gasteiger partial charge is 0.497 e. The second-order valence-corrected chi connectivity index (χ2v) is 6.92. The van der Waals surface area contributed by atoms with Gasteiger partial charge in [0.25, 0.3) is 0 Å². The molecule has 0 amide bonds. The van der Waals surface area contributed by atoms with Crippen molar-refractivity contribution in [3.63, 3.8) is 0 Å². The minimum Gasteiger partial charge on any atom is -0.497 e. The van der Waals surface area contributed by atoms with E-state index in [1.807, 2.05) is 23.9 Å². The van der Waals surface area contributed by atoms with Crippen LogP contribution in [-0.2, 0) is 0 Å². The highest BCUT2D eigenvalue weighted by Gasteiger charge is 2.41. The van der Waals surface area contributed by atoms with Crippen LogP contribution in [0.25, 0.3) is 0 Å². The summed E-state index contributed by atoms with van der Waals surface area (Å²) in [5, 5.41) is 13.4. The number of aliphatic hydroxyl groups excluding tert-OH is 1. The first-order chi connectivity index (χ1) is 10.2. The second-order valence-electron chi connectivity index (χ2n) is 5.75. The monoisotopic (exact) mass is 309 g/mol. The van der Waals surface area contributed by atoms with Crippen molar-refractivity contribution in [1.82, 2.24) is 5.32 Å². The maximum Gasteiger partial charge on any atom is 0.119 e. The van der Waals surface area contributed by atoms with Crippen LogP contribution >= 0.6 is 11.8 Å². The number of benzene rings is 1. The molecule has 1 saturated carbocycles. The fourth-order valence-electron chi connectivity index (χ4n) is 3.42. The Labute approximate surface area is 132 Å². The lowest BCUT2D eigenvalue weighted by molar-refractivity contribution is 0.124. The van der Waals surface area contributed by atoms with Gasteiger partial charge < -0.3 is 15.2 Å². The normalized spacial score (nSPS) is 25.2. The van der Waals surface area contributed by atoms with Crippen LogP contribution in [0.3, 0.4) is 0 Å². The molecule has 1 aromatic rings. The van der Waals surface area contributed by atoms with Gasteiger partial charge in [-0.2, -0.15) is 0 Å². The van der Waals surface area contributed by atoms with E-state index in [0.29, 0.717) is 5.92 Å². The van der Waals surface area contributed by atoms with Crippen LogP contribution in [0.5, 0.6) is 5.75 Å². The van der Waals surface area contributed by atoms with E-state index in [1.54, 1.807) is 7.11 Å². The van der Waals surface area contributed by atoms with Gasteiger partial charge in [0.15, 0.2) is 0 Å². The molecule has 2 atom stereocenters. The lowest BCUT2D eigenvalue weighted by Crippen LogP contribution is -2.51. The summed E-state index contributed by atoms with van der Waals surface area (Å²) in [6, 6.07) is 8.23. The summed E-state index contributed by atoms with van der Waals surface area (Å²) in [6.07, 6.45) is 4.70. The minimum absolute atomic E-state index is 0.0380. The Balaban J connectivity index is 1.87. The smallest absolute Gasteiger partial charge is 0.119 e. The SMILES string of the molecule is CCNC1(CO)CCCC1CCSc1cccc(OC)c1. The van der Waals surface area contributed by atoms with E-state index in [-0.39, 0.29) is 12.1 Å². The number of thioether (sulfide) groups is 1. The molecule has 118 valence electrons. The number of methoxy groups -OCH3 is 1. The number of nitrogens with one attached hydrogen (secondary N) is 1. The Hall–Kier alpha value is -0.710. The van der Waals surface area contributed by atoms with Crippen LogP contribution in [0.1, 0.15) is 32.6 Å². The number of aliphatic hydroxyl groups is 1. The van der Waals surface area contributed by atoms with Crippen molar-refractivity contribution in [3.8, 4) is 5.75 Å². The molecule has 3 nitrogen and oxygen atoms in total. The molecule has 0 saturated heterocycles. The van der Waals surface area contributed by atoms with Crippen LogP contribution in [0.2, 0.25) is 0 Å². The Bertz CT molecular complexity index is 441. The molecule has 0 heterocycles. The van der Waals surface area contributed by atoms with Crippen LogP contribution in [0.4, 0.5) is 0 Å². The van der Waals surface area contributed by atoms with Gasteiger partial charge in [0.1, 0.15) is 5.75 Å². The number of rotatable bonds is 8. The zero-order valence-electron chi connectivity index (χ0n) is 13.1. The highest BCUT2D eigenvalue weighted by atomic mass is 32.2. The van der Waals surface area contributed by atoms with E-state index in [9.17, 15) is 5.11 Å². The van der Waals surface area contributed by atoms with E-state index in [2.05, 4.69) is 24.4 Å². The average molecular weight is 309 g/mol. The molecule has 21 heavy (non-hydrogen) atoms. The van der Waals surface area contributed by atoms with Gasteiger partial charge in [-0.1, -0.05) is 19.4 Å². The quantitative estimate of drug-likeness (QED) is 0.723. The molecule has 1 aliphatic carbocycles. The summed E-state index contributed by atoms with van der Waals surface area (Å²) >= 11 is 1.88. The maximum absolute atomic E-state index is 9.82. The number of likely N-dealkylation sites (N-methyl/N-ethyl adjacent to an activating group) is 1. The molecule has 0 radical (unpaired) electrons. The molecule has 0 aromatic heterocycles. The third-order valence-electron chi connectivity index (χ3n) is 4.54. The summed E-state index contributed by atoms with van der Waals surface area (Å²) < 4.78 is 5.26. The summed E-state index contributed by atoms with van der Waals surface area (Å²) in [6.45, 7) is 3.31. The van der Waals surface area contributed by atoms with Crippen LogP contribution in [-0.4, -0.2) is 36.7 Å². The summed E-state index contributed by atoms with van der Waals surface area (Å²) in [7, 11) is 1.70. The van der Waals surface area contributed by atoms with Crippen LogP contribution in [0, 0.1) is 5.92 Å². The Kier molecular flexibility index (Phi) is 6.40. The summed E-state index contributed by atoms with van der Waals surface area (Å²) in [5.74, 6) is 2.59. The fourth-order valence-corrected chi connectivity index (χ4v) is 4.44. The van der Waals surface area contributed by atoms with Gasteiger partial charge >= 0.3 is 0 Å². The number of hydrogen-bond donors (Lipinski definition) is 2. The van der Waals surface area contributed by atoms with E-state index in [0.717, 1.165) is 30.9 Å².